The maximum absolute atomic E-state index is 11.5. The van der Waals surface area contributed by atoms with Crippen molar-refractivity contribution in [3.63, 3.8) is 0 Å². The van der Waals surface area contributed by atoms with Crippen molar-refractivity contribution in [1.82, 2.24) is 15.5 Å². The average Bonchev–Trinajstić information content (AvgIpc) is 2.65. The van der Waals surface area contributed by atoms with Crippen LogP contribution in [0.2, 0.25) is 0 Å². The van der Waals surface area contributed by atoms with Gasteiger partial charge in [0, 0.05) is 32.7 Å². The summed E-state index contributed by atoms with van der Waals surface area (Å²) in [4.78, 5) is 17.4. The van der Waals surface area contributed by atoms with Crippen LogP contribution in [0.15, 0.2) is 29.3 Å². The first kappa shape index (κ1) is 17.6. The van der Waals surface area contributed by atoms with Crippen LogP contribution in [0.1, 0.15) is 24.0 Å². The number of ether oxygens (including phenoxy) is 1. The smallest absolute Gasteiger partial charge is 0.409 e. The lowest BCUT2D eigenvalue weighted by molar-refractivity contribution is 0.111. The molecule has 1 saturated heterocycles. The molecule has 0 aromatic heterocycles. The topological polar surface area (TPSA) is 89.8 Å². The zero-order valence-electron chi connectivity index (χ0n) is 14.1. The van der Waals surface area contributed by atoms with Crippen molar-refractivity contribution in [3.05, 3.63) is 35.4 Å². The average molecular weight is 329 g/mol. The summed E-state index contributed by atoms with van der Waals surface area (Å²) in [6.07, 6.45) is 1.44. The minimum atomic E-state index is -0.267. The number of rotatable bonds is 3. The van der Waals surface area contributed by atoms with Gasteiger partial charge < -0.3 is 20.3 Å². The summed E-state index contributed by atoms with van der Waals surface area (Å²) in [6.45, 7) is 1.99. The maximum Gasteiger partial charge on any atom is 0.409 e. The minimum absolute atomic E-state index is 0.267. The van der Waals surface area contributed by atoms with E-state index in [1.165, 1.54) is 7.11 Å². The van der Waals surface area contributed by atoms with Gasteiger partial charge in [-0.25, -0.2) is 4.79 Å². The molecule has 1 aliphatic heterocycles. The van der Waals surface area contributed by atoms with Crippen molar-refractivity contribution in [2.24, 2.45) is 4.99 Å². The highest BCUT2D eigenvalue weighted by atomic mass is 16.5. The van der Waals surface area contributed by atoms with E-state index in [0.29, 0.717) is 25.2 Å². The molecule has 1 aromatic rings. The van der Waals surface area contributed by atoms with Crippen LogP contribution in [-0.2, 0) is 11.3 Å². The van der Waals surface area contributed by atoms with Crippen LogP contribution in [-0.4, -0.2) is 50.2 Å². The Morgan fingerprint density at radius 1 is 1.38 bits per heavy atom. The third kappa shape index (κ3) is 4.88. The lowest BCUT2D eigenvalue weighted by Crippen LogP contribution is -2.49. The second-order valence-corrected chi connectivity index (χ2v) is 5.61. The highest BCUT2D eigenvalue weighted by molar-refractivity contribution is 5.80. The Kier molecular flexibility index (Phi) is 6.43. The van der Waals surface area contributed by atoms with Crippen LogP contribution < -0.4 is 10.6 Å². The first-order chi connectivity index (χ1) is 11.7. The van der Waals surface area contributed by atoms with Gasteiger partial charge in [-0.15, -0.1) is 0 Å². The first-order valence-electron chi connectivity index (χ1n) is 7.95. The van der Waals surface area contributed by atoms with Gasteiger partial charge in [-0.05, 0) is 30.5 Å². The number of aliphatic imine (C=N–C) groups is 1. The molecule has 0 bridgehead atoms. The van der Waals surface area contributed by atoms with Gasteiger partial charge in [0.05, 0.1) is 18.7 Å². The lowest BCUT2D eigenvalue weighted by atomic mass is 10.1. The molecule has 2 N–H and O–H groups in total. The van der Waals surface area contributed by atoms with E-state index in [2.05, 4.69) is 21.7 Å². The highest BCUT2D eigenvalue weighted by Crippen LogP contribution is 2.11. The number of amides is 1. The number of methoxy groups -OCH3 is 1. The summed E-state index contributed by atoms with van der Waals surface area (Å²) < 4.78 is 4.74. The molecule has 2 rings (SSSR count). The van der Waals surface area contributed by atoms with Crippen molar-refractivity contribution in [2.75, 3.05) is 27.2 Å². The summed E-state index contributed by atoms with van der Waals surface area (Å²) >= 11 is 0. The van der Waals surface area contributed by atoms with Gasteiger partial charge in [-0.2, -0.15) is 5.26 Å². The van der Waals surface area contributed by atoms with Gasteiger partial charge in [0.15, 0.2) is 5.96 Å². The number of piperidine rings is 1. The fourth-order valence-electron chi connectivity index (χ4n) is 2.61. The van der Waals surface area contributed by atoms with E-state index in [0.717, 1.165) is 24.4 Å². The Morgan fingerprint density at radius 2 is 2.04 bits per heavy atom. The van der Waals surface area contributed by atoms with Crippen molar-refractivity contribution >= 4 is 12.1 Å². The number of hydrogen-bond donors (Lipinski definition) is 2. The number of likely N-dealkylation sites (tertiary alicyclic amines) is 1. The normalized spacial score (nSPS) is 15.5. The summed E-state index contributed by atoms with van der Waals surface area (Å²) in [5.41, 5.74) is 1.73. The molecular formula is C17H23N5O2. The molecule has 1 aliphatic rings. The highest BCUT2D eigenvalue weighted by Gasteiger charge is 2.23. The van der Waals surface area contributed by atoms with Crippen LogP contribution in [0.25, 0.3) is 0 Å². The second-order valence-electron chi connectivity index (χ2n) is 5.61. The molecule has 128 valence electrons. The summed E-state index contributed by atoms with van der Waals surface area (Å²) in [5, 5.41) is 15.5. The number of carbonyl (C=O) groups is 1. The Bertz CT molecular complexity index is 613. The fraction of sp³-hybridized carbons (Fsp3) is 0.471. The molecule has 0 atom stereocenters. The van der Waals surface area contributed by atoms with E-state index < -0.39 is 0 Å². The molecule has 0 radical (unpaired) electrons. The van der Waals surface area contributed by atoms with E-state index in [1.807, 2.05) is 12.1 Å². The summed E-state index contributed by atoms with van der Waals surface area (Å²) in [5.74, 6) is 0.732. The van der Waals surface area contributed by atoms with E-state index in [1.54, 1.807) is 24.1 Å². The van der Waals surface area contributed by atoms with Crippen molar-refractivity contribution in [3.8, 4) is 6.07 Å². The van der Waals surface area contributed by atoms with E-state index in [-0.39, 0.29) is 12.1 Å². The van der Waals surface area contributed by atoms with Crippen LogP contribution >= 0.6 is 0 Å². The Balaban J connectivity index is 1.78. The third-order valence-electron chi connectivity index (χ3n) is 4.04. The van der Waals surface area contributed by atoms with Gasteiger partial charge in [-0.3, -0.25) is 4.99 Å². The van der Waals surface area contributed by atoms with E-state index >= 15 is 0 Å². The molecule has 7 nitrogen and oxygen atoms in total. The van der Waals surface area contributed by atoms with Crippen molar-refractivity contribution in [1.29, 1.82) is 5.26 Å². The summed E-state index contributed by atoms with van der Waals surface area (Å²) in [7, 11) is 3.14. The monoisotopic (exact) mass is 329 g/mol. The van der Waals surface area contributed by atoms with E-state index in [4.69, 9.17) is 10.00 Å². The third-order valence-corrected chi connectivity index (χ3v) is 4.04. The molecule has 1 heterocycles. The molecule has 0 spiro atoms. The second kappa shape index (κ2) is 8.77. The number of nitrogens with zero attached hydrogens (tertiary/aromatic N) is 3. The molecule has 1 amide bonds. The quantitative estimate of drug-likeness (QED) is 0.647. The van der Waals surface area contributed by atoms with Crippen LogP contribution in [0, 0.1) is 11.3 Å². The van der Waals surface area contributed by atoms with Gasteiger partial charge >= 0.3 is 6.09 Å². The molecule has 1 fully saturated rings. The number of guanidine groups is 1. The number of nitriles is 1. The van der Waals surface area contributed by atoms with Crippen LogP contribution in [0.3, 0.4) is 0 Å². The molecule has 0 unspecified atom stereocenters. The SMILES string of the molecule is CN=C(NCc1ccc(C#N)cc1)NC1CCN(C(=O)OC)CC1. The van der Waals surface area contributed by atoms with Crippen molar-refractivity contribution < 1.29 is 9.53 Å². The molecule has 24 heavy (non-hydrogen) atoms. The largest absolute Gasteiger partial charge is 0.453 e. The van der Waals surface area contributed by atoms with Gasteiger partial charge in [0.1, 0.15) is 0 Å². The van der Waals surface area contributed by atoms with Gasteiger partial charge in [0.2, 0.25) is 0 Å². The standard InChI is InChI=1S/C17H23N5O2/c1-19-16(20-12-14-5-3-13(11-18)4-6-14)21-15-7-9-22(10-8-15)17(23)24-2/h3-6,15H,7-10,12H2,1-2H3,(H2,19,20,21). The van der Waals surface area contributed by atoms with Gasteiger partial charge in [-0.1, -0.05) is 12.1 Å². The fourth-order valence-corrected chi connectivity index (χ4v) is 2.61. The predicted octanol–water partition coefficient (Wildman–Crippen LogP) is 1.45. The number of nitrogens with one attached hydrogen (secondary N) is 2. The molecular weight excluding hydrogens is 306 g/mol. The zero-order valence-corrected chi connectivity index (χ0v) is 14.1. The Morgan fingerprint density at radius 3 is 2.58 bits per heavy atom. The van der Waals surface area contributed by atoms with Crippen LogP contribution in [0.4, 0.5) is 4.79 Å². The first-order valence-corrected chi connectivity index (χ1v) is 7.95. The number of hydrogen-bond acceptors (Lipinski definition) is 4. The van der Waals surface area contributed by atoms with Crippen LogP contribution in [0.5, 0.6) is 0 Å². The molecule has 0 aliphatic carbocycles. The minimum Gasteiger partial charge on any atom is -0.453 e. The summed E-state index contributed by atoms with van der Waals surface area (Å²) in [6, 6.07) is 9.83. The van der Waals surface area contributed by atoms with Gasteiger partial charge in [0.25, 0.3) is 0 Å². The number of carbonyl (C=O) groups excluding carboxylic acids is 1. The molecule has 1 aromatic carbocycles. The van der Waals surface area contributed by atoms with Crippen molar-refractivity contribution in [2.45, 2.75) is 25.4 Å². The Labute approximate surface area is 142 Å². The Hall–Kier alpha value is -2.75. The molecule has 7 heteroatoms. The maximum atomic E-state index is 11.5. The van der Waals surface area contributed by atoms with E-state index in [9.17, 15) is 4.79 Å². The zero-order chi connectivity index (χ0) is 17.4. The number of benzene rings is 1. The lowest BCUT2D eigenvalue weighted by Gasteiger charge is -2.32. The predicted molar refractivity (Wildman–Crippen MR) is 91.5 cm³/mol. The molecule has 0 saturated carbocycles.